The lowest BCUT2D eigenvalue weighted by Crippen LogP contribution is -2.44. The Balaban J connectivity index is 1.33. The summed E-state index contributed by atoms with van der Waals surface area (Å²) in [5, 5.41) is 3.27. The second-order valence-corrected chi connectivity index (χ2v) is 9.49. The van der Waals surface area contributed by atoms with E-state index < -0.39 is 0 Å². The van der Waals surface area contributed by atoms with Gasteiger partial charge in [-0.3, -0.25) is 9.36 Å². The van der Waals surface area contributed by atoms with E-state index >= 15 is 0 Å². The first-order valence-corrected chi connectivity index (χ1v) is 12.4. The van der Waals surface area contributed by atoms with Crippen LogP contribution in [-0.4, -0.2) is 21.5 Å². The van der Waals surface area contributed by atoms with E-state index in [-0.39, 0.29) is 11.9 Å². The van der Waals surface area contributed by atoms with Crippen molar-refractivity contribution < 1.29 is 9.53 Å². The van der Waals surface area contributed by atoms with Gasteiger partial charge < -0.3 is 10.1 Å². The van der Waals surface area contributed by atoms with Crippen molar-refractivity contribution in [2.75, 3.05) is 0 Å². The highest BCUT2D eigenvalue weighted by atomic mass is 16.5. The molecule has 3 atom stereocenters. The third kappa shape index (κ3) is 5.14. The summed E-state index contributed by atoms with van der Waals surface area (Å²) in [6.45, 7) is 4.52. The highest BCUT2D eigenvalue weighted by Crippen LogP contribution is 2.30. The summed E-state index contributed by atoms with van der Waals surface area (Å²) in [6.07, 6.45) is 6.78. The van der Waals surface area contributed by atoms with Gasteiger partial charge in [-0.15, -0.1) is 0 Å². The largest absolute Gasteiger partial charge is 0.457 e. The average Bonchev–Trinajstić information content (AvgIpc) is 3.38. The second-order valence-electron chi connectivity index (χ2n) is 9.49. The Kier molecular flexibility index (Phi) is 6.66. The van der Waals surface area contributed by atoms with Gasteiger partial charge in [-0.1, -0.05) is 69.2 Å². The second kappa shape index (κ2) is 10.2. The average molecular weight is 466 g/mol. The van der Waals surface area contributed by atoms with E-state index in [4.69, 9.17) is 4.74 Å². The molecule has 0 saturated heterocycles. The number of rotatable bonds is 6. The summed E-state index contributed by atoms with van der Waals surface area (Å²) >= 11 is 0. The molecule has 1 fully saturated rings. The minimum absolute atomic E-state index is 0.0683. The van der Waals surface area contributed by atoms with Gasteiger partial charge in [-0.05, 0) is 65.8 Å². The van der Waals surface area contributed by atoms with Crippen molar-refractivity contribution in [1.82, 2.24) is 14.9 Å². The Morgan fingerprint density at radius 3 is 2.49 bits per heavy atom. The minimum Gasteiger partial charge on any atom is -0.457 e. The van der Waals surface area contributed by atoms with Gasteiger partial charge >= 0.3 is 0 Å². The van der Waals surface area contributed by atoms with Crippen molar-refractivity contribution in [2.24, 2.45) is 11.8 Å². The van der Waals surface area contributed by atoms with Gasteiger partial charge in [0.2, 0.25) is 0 Å². The molecule has 178 valence electrons. The molecule has 5 rings (SSSR count). The van der Waals surface area contributed by atoms with Crippen LogP contribution in [0.2, 0.25) is 0 Å². The number of para-hydroxylation sites is 1. The Bertz CT molecular complexity index is 1280. The zero-order valence-corrected chi connectivity index (χ0v) is 20.2. The van der Waals surface area contributed by atoms with Gasteiger partial charge in [-0.25, -0.2) is 4.98 Å². The molecular weight excluding hydrogens is 434 g/mol. The number of aromatic nitrogens is 2. The van der Waals surface area contributed by atoms with Crippen molar-refractivity contribution in [3.63, 3.8) is 0 Å². The lowest BCUT2D eigenvalue weighted by molar-refractivity contribution is 0.0884. The van der Waals surface area contributed by atoms with Gasteiger partial charge in [0.1, 0.15) is 17.2 Å². The van der Waals surface area contributed by atoms with Crippen LogP contribution in [0.15, 0.2) is 91.4 Å². The van der Waals surface area contributed by atoms with E-state index in [1.165, 1.54) is 6.42 Å². The third-order valence-electron chi connectivity index (χ3n) is 7.19. The summed E-state index contributed by atoms with van der Waals surface area (Å²) in [5.41, 5.74) is 3.59. The quantitative estimate of drug-likeness (QED) is 0.337. The van der Waals surface area contributed by atoms with Crippen molar-refractivity contribution in [1.29, 1.82) is 0 Å². The number of imidazole rings is 1. The third-order valence-corrected chi connectivity index (χ3v) is 7.19. The van der Waals surface area contributed by atoms with Gasteiger partial charge in [0.05, 0.1) is 12.5 Å². The van der Waals surface area contributed by atoms with Crippen LogP contribution >= 0.6 is 0 Å². The van der Waals surface area contributed by atoms with Crippen LogP contribution in [0.3, 0.4) is 0 Å². The highest BCUT2D eigenvalue weighted by Gasteiger charge is 2.29. The van der Waals surface area contributed by atoms with Crippen LogP contribution < -0.4 is 10.1 Å². The molecule has 4 aromatic rings. The van der Waals surface area contributed by atoms with Crippen molar-refractivity contribution in [3.05, 3.63) is 97.1 Å². The maximum absolute atomic E-state index is 13.2. The fourth-order valence-electron chi connectivity index (χ4n) is 4.87. The molecule has 0 spiro atoms. The number of carbonyl (C=O) groups excluding carboxylic acids is 1. The van der Waals surface area contributed by atoms with E-state index in [1.807, 2.05) is 71.3 Å². The molecule has 1 amide bonds. The molecule has 1 N–H and O–H groups in total. The van der Waals surface area contributed by atoms with E-state index in [2.05, 4.69) is 36.3 Å². The van der Waals surface area contributed by atoms with Gasteiger partial charge in [0.25, 0.3) is 5.91 Å². The molecule has 0 unspecified atom stereocenters. The minimum atomic E-state index is -0.0683. The molecule has 1 aliphatic rings. The van der Waals surface area contributed by atoms with Crippen LogP contribution in [0.4, 0.5) is 0 Å². The molecule has 1 aromatic heterocycles. The van der Waals surface area contributed by atoms with Crippen molar-refractivity contribution >= 4 is 5.91 Å². The molecule has 0 aliphatic heterocycles. The summed E-state index contributed by atoms with van der Waals surface area (Å²) in [5.74, 6) is 2.63. The first-order valence-electron chi connectivity index (χ1n) is 12.4. The molecule has 35 heavy (non-hydrogen) atoms. The van der Waals surface area contributed by atoms with Crippen LogP contribution in [0, 0.1) is 11.8 Å². The Hall–Kier alpha value is -3.86. The smallest absolute Gasteiger partial charge is 0.270 e. The monoisotopic (exact) mass is 465 g/mol. The molecule has 5 heteroatoms. The van der Waals surface area contributed by atoms with Gasteiger partial charge in [0, 0.05) is 11.7 Å². The summed E-state index contributed by atoms with van der Waals surface area (Å²) in [7, 11) is 0. The number of amides is 1. The zero-order valence-electron chi connectivity index (χ0n) is 20.2. The summed E-state index contributed by atoms with van der Waals surface area (Å²) in [6, 6.07) is 26.1. The van der Waals surface area contributed by atoms with E-state index in [1.54, 1.807) is 12.5 Å². The predicted octanol–water partition coefficient (Wildman–Crippen LogP) is 6.89. The van der Waals surface area contributed by atoms with Crippen LogP contribution in [0.5, 0.6) is 11.5 Å². The Labute approximate surface area is 206 Å². The number of carbonyl (C=O) groups is 1. The topological polar surface area (TPSA) is 56.2 Å². The molecule has 1 aliphatic carbocycles. The number of hydrogen-bond acceptors (Lipinski definition) is 3. The Morgan fingerprint density at radius 2 is 1.69 bits per heavy atom. The molecule has 1 saturated carbocycles. The lowest BCUT2D eigenvalue weighted by Gasteiger charge is -2.34. The maximum Gasteiger partial charge on any atom is 0.270 e. The molecular formula is C30H31N3O2. The number of nitrogens with zero attached hydrogens (tertiary/aromatic N) is 2. The summed E-state index contributed by atoms with van der Waals surface area (Å²) in [4.78, 5) is 17.5. The lowest BCUT2D eigenvalue weighted by atomic mass is 9.78. The fraction of sp³-hybridized carbons (Fsp3) is 0.267. The highest BCUT2D eigenvalue weighted by molar-refractivity contribution is 5.93. The number of hydrogen-bond donors (Lipinski definition) is 1. The van der Waals surface area contributed by atoms with Gasteiger partial charge in [0.15, 0.2) is 0 Å². The predicted molar refractivity (Wildman–Crippen MR) is 139 cm³/mol. The van der Waals surface area contributed by atoms with Crippen molar-refractivity contribution in [3.8, 4) is 28.3 Å². The number of benzene rings is 3. The molecule has 1 heterocycles. The fourth-order valence-corrected chi connectivity index (χ4v) is 4.87. The van der Waals surface area contributed by atoms with E-state index in [0.29, 0.717) is 17.5 Å². The van der Waals surface area contributed by atoms with Crippen LogP contribution in [-0.2, 0) is 0 Å². The molecule has 5 nitrogen and oxygen atoms in total. The van der Waals surface area contributed by atoms with Crippen LogP contribution in [0.1, 0.15) is 43.6 Å². The first-order chi connectivity index (χ1) is 17.1. The molecule has 0 bridgehead atoms. The van der Waals surface area contributed by atoms with E-state index in [9.17, 15) is 4.79 Å². The maximum atomic E-state index is 13.2. The normalized spacial score (nSPS) is 19.8. The first kappa shape index (κ1) is 22.9. The van der Waals surface area contributed by atoms with E-state index in [0.717, 1.165) is 41.2 Å². The van der Waals surface area contributed by atoms with Crippen molar-refractivity contribution in [2.45, 2.75) is 39.2 Å². The SMILES string of the molecule is C[C@H]1[C@H](C)CCC[C@H]1NC(=O)c1cncn1-c1cccc(-c2ccc(Oc3ccccc3)cc2)c1. The number of nitrogens with one attached hydrogen (secondary N) is 1. The summed E-state index contributed by atoms with van der Waals surface area (Å²) < 4.78 is 7.78. The standard InChI is InChI=1S/C30H31N3O2/c1-21-8-6-13-28(22(21)2)32-30(34)29-19-31-20-33(29)25-10-7-9-24(18-25)23-14-16-27(17-15-23)35-26-11-4-3-5-12-26/h3-5,7,9-12,14-22,28H,6,8,13H2,1-2H3,(H,32,34)/t21-,22+,28-/m1/s1. The zero-order chi connectivity index (χ0) is 24.2. The number of ether oxygens (including phenoxy) is 1. The van der Waals surface area contributed by atoms with Crippen LogP contribution in [0.25, 0.3) is 16.8 Å². The molecule has 0 radical (unpaired) electrons. The van der Waals surface area contributed by atoms with Gasteiger partial charge in [-0.2, -0.15) is 0 Å². The molecule has 3 aromatic carbocycles. The Morgan fingerprint density at radius 1 is 0.914 bits per heavy atom.